The van der Waals surface area contributed by atoms with Crippen LogP contribution in [-0.4, -0.2) is 81.1 Å². The predicted molar refractivity (Wildman–Crippen MR) is 187 cm³/mol. The molecule has 0 amide bonds. The van der Waals surface area contributed by atoms with Gasteiger partial charge in [0, 0.05) is 0 Å². The number of carbonyl (C=O) groups is 9. The van der Waals surface area contributed by atoms with E-state index in [1.165, 1.54) is 0 Å². The Hall–Kier alpha value is -7.02. The molecule has 18 nitrogen and oxygen atoms in total. The fraction of sp³-hybridized carbons (Fsp3) is 0.167. The van der Waals surface area contributed by atoms with Crippen LogP contribution < -0.4 is 17.1 Å². The normalized spacial score (nSPS) is 14.1. The van der Waals surface area contributed by atoms with Gasteiger partial charge in [0.15, 0.2) is 34.7 Å². The van der Waals surface area contributed by atoms with Crippen molar-refractivity contribution in [3.05, 3.63) is 145 Å². The first-order valence-corrected chi connectivity index (χ1v) is 14.8. The van der Waals surface area contributed by atoms with Gasteiger partial charge in [0.05, 0.1) is 0 Å². The average Bonchev–Trinajstić information content (AvgIpc) is 3.15. The van der Waals surface area contributed by atoms with Crippen molar-refractivity contribution in [3.63, 3.8) is 0 Å². The lowest BCUT2D eigenvalue weighted by molar-refractivity contribution is -0.175. The van der Waals surface area contributed by atoms with Crippen LogP contribution in [0, 0.1) is 17.8 Å². The van der Waals surface area contributed by atoms with Crippen LogP contribution in [0.2, 0.25) is 0 Å². The first-order valence-electron chi connectivity index (χ1n) is 14.8. The second kappa shape index (κ2) is 17.0. The van der Waals surface area contributed by atoms with Gasteiger partial charge in [-0.2, -0.15) is 0 Å². The molecule has 0 aromatic carbocycles. The van der Waals surface area contributed by atoms with Crippen molar-refractivity contribution in [1.82, 2.24) is 13.7 Å². The number of nitrogens with zero attached hydrogens (tertiary/aromatic N) is 3. The lowest BCUT2D eigenvalue weighted by Crippen LogP contribution is -2.74. The Kier molecular flexibility index (Phi) is 14.2. The lowest BCUT2D eigenvalue weighted by atomic mass is 9.82. The van der Waals surface area contributed by atoms with E-state index in [1.54, 1.807) is 0 Å². The van der Waals surface area contributed by atoms with E-state index in [1.807, 2.05) is 0 Å². The largest absolute Gasteiger partial charge is 0.363 e. The van der Waals surface area contributed by atoms with Crippen molar-refractivity contribution < 1.29 is 58.5 Å². The molecule has 1 heterocycles. The summed E-state index contributed by atoms with van der Waals surface area (Å²) in [6.45, 7) is 27.8. The Balaban J connectivity index is 5.59. The van der Waals surface area contributed by atoms with E-state index >= 15 is 0 Å². The summed E-state index contributed by atoms with van der Waals surface area (Å²) in [4.78, 5) is 164. The van der Waals surface area contributed by atoms with Gasteiger partial charge < -0.3 is 15.3 Å². The molecule has 3 unspecified atom stereocenters. The molecule has 1 aromatic rings. The van der Waals surface area contributed by atoms with Gasteiger partial charge in [-0.15, -0.1) is 0 Å². The Bertz CT molecular complexity index is 1860. The van der Waals surface area contributed by atoms with E-state index in [2.05, 4.69) is 59.2 Å². The van der Waals surface area contributed by atoms with Crippen molar-refractivity contribution in [2.45, 2.75) is 17.2 Å². The quantitative estimate of drug-likeness (QED) is 0.0744. The minimum atomic E-state index is -4.35. The maximum Gasteiger partial charge on any atom is 0.341 e. The molecule has 0 bridgehead atoms. The highest BCUT2D eigenvalue weighted by Crippen LogP contribution is 2.31. The maximum absolute atomic E-state index is 14.6. The number of carbonyl (C=O) groups excluding carboxylic acids is 9. The summed E-state index contributed by atoms with van der Waals surface area (Å²) in [6.07, 6.45) is 2.13. The molecule has 0 aliphatic carbocycles. The third kappa shape index (κ3) is 6.82. The van der Waals surface area contributed by atoms with Crippen molar-refractivity contribution in [2.75, 3.05) is 0 Å². The second-order valence-electron chi connectivity index (χ2n) is 10.7. The molecule has 18 heteroatoms. The third-order valence-electron chi connectivity index (χ3n) is 7.94. The zero-order valence-corrected chi connectivity index (χ0v) is 28.4. The molecule has 0 saturated heterocycles. The van der Waals surface area contributed by atoms with Gasteiger partial charge in [0.2, 0.25) is 34.5 Å². The summed E-state index contributed by atoms with van der Waals surface area (Å²) >= 11 is 0. The number of hydrogen-bond donors (Lipinski definition) is 3. The summed E-state index contributed by atoms with van der Waals surface area (Å²) in [5.74, 6) is -25.3. The highest BCUT2D eigenvalue weighted by atomic mass is 16.4. The number of hydrogen-bond acceptors (Lipinski definition) is 15. The molecule has 0 aliphatic heterocycles. The second-order valence-corrected chi connectivity index (χ2v) is 10.7. The van der Waals surface area contributed by atoms with Crippen molar-refractivity contribution in [2.24, 2.45) is 17.8 Å². The first kappa shape index (κ1) is 45.0. The fourth-order valence-corrected chi connectivity index (χ4v) is 5.33. The molecule has 0 aliphatic rings. The zero-order valence-electron chi connectivity index (χ0n) is 28.4. The topological polar surface area (TPSA) is 280 Å². The molecule has 3 N–H and O–H groups in total. The number of ketones is 9. The molecule has 282 valence electrons. The summed E-state index contributed by atoms with van der Waals surface area (Å²) in [5, 5.41) is 36.3. The van der Waals surface area contributed by atoms with Gasteiger partial charge in [0.1, 0.15) is 17.8 Å². The molecule has 1 rings (SSSR count). The van der Waals surface area contributed by atoms with Gasteiger partial charge in [-0.05, 0) is 54.7 Å². The summed E-state index contributed by atoms with van der Waals surface area (Å²) in [6, 6.07) is 0. The van der Waals surface area contributed by atoms with Crippen LogP contribution in [0.1, 0.15) is 0 Å². The number of rotatable bonds is 24. The molecular formula is C36H33N3O15. The van der Waals surface area contributed by atoms with Crippen LogP contribution in [-0.2, 0) is 60.3 Å². The zero-order chi connectivity index (χ0) is 42.3. The Morgan fingerprint density at radius 3 is 0.630 bits per heavy atom. The van der Waals surface area contributed by atoms with E-state index in [0.29, 0.717) is 36.5 Å². The number of allylic oxidation sites excluding steroid dienone is 6. The lowest BCUT2D eigenvalue weighted by Gasteiger charge is -2.38. The smallest absolute Gasteiger partial charge is 0.341 e. The summed E-state index contributed by atoms with van der Waals surface area (Å²) in [5.41, 5.74) is -20.9. The molecule has 0 fully saturated rings. The van der Waals surface area contributed by atoms with Crippen LogP contribution in [0.25, 0.3) is 0 Å². The van der Waals surface area contributed by atoms with Crippen LogP contribution in [0.5, 0.6) is 0 Å². The minimum absolute atomic E-state index is 0.115. The highest BCUT2D eigenvalue weighted by molar-refractivity contribution is 6.18. The van der Waals surface area contributed by atoms with E-state index in [4.69, 9.17) is 0 Å². The molecular weight excluding hydrogens is 714 g/mol. The molecule has 0 radical (unpaired) electrons. The summed E-state index contributed by atoms with van der Waals surface area (Å²) in [7, 11) is 0. The number of aliphatic hydroxyl groups is 3. The van der Waals surface area contributed by atoms with Gasteiger partial charge in [0.25, 0.3) is 0 Å². The van der Waals surface area contributed by atoms with Crippen LogP contribution in [0.15, 0.2) is 128 Å². The fourth-order valence-electron chi connectivity index (χ4n) is 5.33. The van der Waals surface area contributed by atoms with Crippen molar-refractivity contribution in [3.8, 4) is 0 Å². The highest BCUT2D eigenvalue weighted by Gasteiger charge is 2.60. The van der Waals surface area contributed by atoms with Crippen molar-refractivity contribution in [1.29, 1.82) is 0 Å². The Morgan fingerprint density at radius 1 is 0.370 bits per heavy atom. The standard InChI is InChI=1S/C36H33N3O15/c1-10-19(40)28(20(41)11-2)34(52,25(46)16-7)37-31(49)38(35(53,26(47)17-8)29(21(42)12-3)22(43)13-4)33(51)39(32(37)50)36(54,27(48)18-9)30(23(44)14-5)24(45)15-6/h10-18,28-30,52-54H,1-9H2. The molecule has 54 heavy (non-hydrogen) atoms. The Morgan fingerprint density at radius 2 is 0.519 bits per heavy atom. The predicted octanol–water partition coefficient (Wildman–Crippen LogP) is -2.25. The van der Waals surface area contributed by atoms with E-state index < -0.39 is 118 Å². The van der Waals surface area contributed by atoms with Crippen LogP contribution >= 0.6 is 0 Å². The average molecular weight is 748 g/mol. The summed E-state index contributed by atoms with van der Waals surface area (Å²) < 4.78 is -2.80. The van der Waals surface area contributed by atoms with Crippen LogP contribution in [0.3, 0.4) is 0 Å². The first-order chi connectivity index (χ1) is 25.1. The van der Waals surface area contributed by atoms with Gasteiger partial charge in [-0.25, -0.2) is 28.1 Å². The third-order valence-corrected chi connectivity index (χ3v) is 7.94. The van der Waals surface area contributed by atoms with Crippen molar-refractivity contribution >= 4 is 52.0 Å². The number of aromatic nitrogens is 3. The monoisotopic (exact) mass is 747 g/mol. The Labute approximate surface area is 304 Å². The molecule has 0 spiro atoms. The van der Waals surface area contributed by atoms with E-state index in [-0.39, 0.29) is 18.2 Å². The molecule has 3 atom stereocenters. The van der Waals surface area contributed by atoms with Gasteiger partial charge in [-0.1, -0.05) is 59.2 Å². The minimum Gasteiger partial charge on any atom is -0.363 e. The van der Waals surface area contributed by atoms with Crippen LogP contribution in [0.4, 0.5) is 0 Å². The molecule has 0 saturated carbocycles. The van der Waals surface area contributed by atoms with E-state index in [0.717, 1.165) is 0 Å². The van der Waals surface area contributed by atoms with Gasteiger partial charge >= 0.3 is 17.1 Å². The molecule has 1 aromatic heterocycles. The SMILES string of the molecule is C=CC(=O)C(C(=O)C=C)C(O)(C(=O)C=C)n1c(=O)n(C(O)(C(=O)C=C)C(C(=O)C=C)C(=O)C=C)c(=O)n(C(O)(C(=O)C=C)C(C(=O)C=C)C(=O)C=C)c1=O. The maximum atomic E-state index is 14.6. The van der Waals surface area contributed by atoms with Gasteiger partial charge in [-0.3, -0.25) is 43.2 Å². The van der Waals surface area contributed by atoms with E-state index in [9.17, 15) is 72.9 Å².